The van der Waals surface area contributed by atoms with Gasteiger partial charge in [0.05, 0.1) is 19.8 Å². The summed E-state index contributed by atoms with van der Waals surface area (Å²) in [6, 6.07) is 0. The molecular weight excluding hydrogens is 323 g/mol. The number of hydrogen-bond acceptors (Lipinski definition) is 8. The molecule has 0 rings (SSSR count). The Kier molecular flexibility index (Phi) is 5.23. The van der Waals surface area contributed by atoms with E-state index in [0.29, 0.717) is 0 Å². The normalized spacial score (nSPS) is 14.9. The van der Waals surface area contributed by atoms with E-state index in [1.54, 1.807) is 0 Å². The van der Waals surface area contributed by atoms with E-state index in [0.717, 1.165) is 0 Å². The van der Waals surface area contributed by atoms with Crippen LogP contribution in [0.4, 0.5) is 0 Å². The minimum absolute atomic E-state index is 1.39. The zero-order valence-corrected chi connectivity index (χ0v) is 11.3. The van der Waals surface area contributed by atoms with Gasteiger partial charge in [-0.25, -0.2) is 16.8 Å². The Morgan fingerprint density at radius 1 is 0.824 bits per heavy atom. The SMILES string of the molecule is O=S(=O)(Cl)C(O)(C(CO)(CO)CO)S(=O)(=O)Cl. The molecule has 0 bridgehead atoms. The molecule has 0 saturated heterocycles. The number of aliphatic hydroxyl groups excluding tert-OH is 3. The fourth-order valence-electron chi connectivity index (χ4n) is 1.09. The van der Waals surface area contributed by atoms with Crippen LogP contribution in [-0.4, -0.2) is 61.3 Å². The van der Waals surface area contributed by atoms with Crippen molar-refractivity contribution in [2.75, 3.05) is 19.8 Å². The monoisotopic (exact) mass is 332 g/mol. The highest BCUT2D eigenvalue weighted by Gasteiger charge is 2.67. The maximum Gasteiger partial charge on any atom is 0.309 e. The fourth-order valence-corrected chi connectivity index (χ4v) is 6.22. The van der Waals surface area contributed by atoms with Gasteiger partial charge in [-0.15, -0.1) is 0 Å². The van der Waals surface area contributed by atoms with Gasteiger partial charge in [-0.2, -0.15) is 0 Å². The molecule has 0 aliphatic heterocycles. The molecule has 0 unspecified atom stereocenters. The molecule has 0 aromatic carbocycles. The van der Waals surface area contributed by atoms with Crippen LogP contribution in [0.1, 0.15) is 0 Å². The Hall–Kier alpha value is 0.320. The van der Waals surface area contributed by atoms with Crippen molar-refractivity contribution in [3.8, 4) is 0 Å². The van der Waals surface area contributed by atoms with Gasteiger partial charge in [0.15, 0.2) is 0 Å². The van der Waals surface area contributed by atoms with Crippen LogP contribution in [-0.2, 0) is 18.1 Å². The van der Waals surface area contributed by atoms with Crippen LogP contribution in [0.3, 0.4) is 0 Å². The van der Waals surface area contributed by atoms with Crippen molar-refractivity contribution in [3.63, 3.8) is 0 Å². The molecule has 17 heavy (non-hydrogen) atoms. The summed E-state index contributed by atoms with van der Waals surface area (Å²) >= 11 is 0. The van der Waals surface area contributed by atoms with Crippen molar-refractivity contribution < 1.29 is 37.3 Å². The van der Waals surface area contributed by atoms with Crippen molar-refractivity contribution in [2.24, 2.45) is 5.41 Å². The molecule has 0 aliphatic carbocycles. The highest BCUT2D eigenvalue weighted by atomic mass is 35.7. The molecule has 4 N–H and O–H groups in total. The predicted octanol–water partition coefficient (Wildman–Crippen LogP) is -2.27. The summed E-state index contributed by atoms with van der Waals surface area (Å²) in [5.41, 5.74) is -2.77. The van der Waals surface area contributed by atoms with Crippen LogP contribution in [0.5, 0.6) is 0 Å². The number of rotatable bonds is 6. The summed E-state index contributed by atoms with van der Waals surface area (Å²) in [7, 11) is -1.03. The van der Waals surface area contributed by atoms with E-state index >= 15 is 0 Å². The quantitative estimate of drug-likeness (QED) is 0.398. The van der Waals surface area contributed by atoms with Gasteiger partial charge in [0.1, 0.15) is 5.41 Å². The van der Waals surface area contributed by atoms with Crippen molar-refractivity contribution in [3.05, 3.63) is 0 Å². The molecular formula is C5H10Cl2O8S2. The van der Waals surface area contributed by atoms with Gasteiger partial charge in [-0.05, 0) is 0 Å². The minimum Gasteiger partial charge on any atom is -0.395 e. The van der Waals surface area contributed by atoms with Gasteiger partial charge in [-0.1, -0.05) is 0 Å². The second kappa shape index (κ2) is 5.13. The maximum absolute atomic E-state index is 11.1. The average molecular weight is 333 g/mol. The summed E-state index contributed by atoms with van der Waals surface area (Å²) in [5.74, 6) is 0. The molecule has 0 aliphatic rings. The Labute approximate surface area is 106 Å². The van der Waals surface area contributed by atoms with Crippen molar-refractivity contribution in [1.29, 1.82) is 0 Å². The molecule has 0 aromatic heterocycles. The van der Waals surface area contributed by atoms with Crippen LogP contribution >= 0.6 is 21.4 Å². The van der Waals surface area contributed by atoms with E-state index in [2.05, 4.69) is 0 Å². The third-order valence-corrected chi connectivity index (χ3v) is 7.63. The van der Waals surface area contributed by atoms with Crippen molar-refractivity contribution in [2.45, 2.75) is 4.27 Å². The van der Waals surface area contributed by atoms with Gasteiger partial charge in [-0.3, -0.25) is 0 Å². The van der Waals surface area contributed by atoms with E-state index in [1.807, 2.05) is 0 Å². The lowest BCUT2D eigenvalue weighted by Gasteiger charge is -2.38. The van der Waals surface area contributed by atoms with Gasteiger partial charge >= 0.3 is 4.27 Å². The molecule has 0 radical (unpaired) electrons. The number of aliphatic hydroxyl groups is 4. The molecule has 104 valence electrons. The Morgan fingerprint density at radius 3 is 1.12 bits per heavy atom. The first-order chi connectivity index (χ1) is 7.43. The Balaban J connectivity index is 6.38. The van der Waals surface area contributed by atoms with E-state index < -0.39 is 47.6 Å². The molecule has 0 fully saturated rings. The first-order valence-electron chi connectivity index (χ1n) is 3.87. The first-order valence-corrected chi connectivity index (χ1v) is 8.49. The van der Waals surface area contributed by atoms with E-state index in [4.69, 9.17) is 36.7 Å². The minimum atomic E-state index is -5.29. The molecule has 0 aromatic rings. The largest absolute Gasteiger partial charge is 0.395 e. The van der Waals surface area contributed by atoms with Crippen LogP contribution in [0, 0.1) is 5.41 Å². The lowest BCUT2D eigenvalue weighted by molar-refractivity contribution is -0.0680. The topological polar surface area (TPSA) is 149 Å². The summed E-state index contributed by atoms with van der Waals surface area (Å²) in [4.78, 5) is 0. The van der Waals surface area contributed by atoms with Crippen LogP contribution in [0.2, 0.25) is 0 Å². The molecule has 12 heteroatoms. The zero-order valence-electron chi connectivity index (χ0n) is 8.12. The summed E-state index contributed by atoms with van der Waals surface area (Å²) < 4.78 is 40.6. The van der Waals surface area contributed by atoms with Gasteiger partial charge < -0.3 is 20.4 Å². The lowest BCUT2D eigenvalue weighted by atomic mass is 9.92. The van der Waals surface area contributed by atoms with Gasteiger partial charge in [0, 0.05) is 21.4 Å². The molecule has 0 atom stereocenters. The third-order valence-electron chi connectivity index (χ3n) is 2.24. The lowest BCUT2D eigenvalue weighted by Crippen LogP contribution is -2.61. The van der Waals surface area contributed by atoms with Crippen molar-refractivity contribution in [1.82, 2.24) is 0 Å². The summed E-state index contributed by atoms with van der Waals surface area (Å²) in [6.45, 7) is -4.18. The molecule has 8 nitrogen and oxygen atoms in total. The zero-order chi connectivity index (χ0) is 14.1. The molecule has 0 heterocycles. The number of halogens is 2. The van der Waals surface area contributed by atoms with Crippen LogP contribution < -0.4 is 0 Å². The second-order valence-corrected chi connectivity index (χ2v) is 8.84. The number of hydrogen-bond donors (Lipinski definition) is 4. The van der Waals surface area contributed by atoms with Gasteiger partial charge in [0.2, 0.25) is 0 Å². The Bertz CT molecular complexity index is 424. The van der Waals surface area contributed by atoms with E-state index in [1.165, 1.54) is 0 Å². The van der Waals surface area contributed by atoms with E-state index in [9.17, 15) is 21.9 Å². The second-order valence-electron chi connectivity index (χ2n) is 3.21. The highest BCUT2D eigenvalue weighted by Crippen LogP contribution is 2.43. The molecule has 0 spiro atoms. The fraction of sp³-hybridized carbons (Fsp3) is 1.00. The van der Waals surface area contributed by atoms with Crippen LogP contribution in [0.15, 0.2) is 0 Å². The highest BCUT2D eigenvalue weighted by molar-refractivity contribution is 8.29. The first kappa shape index (κ1) is 17.3. The summed E-state index contributed by atoms with van der Waals surface area (Å²) in [5, 5.41) is 36.4. The van der Waals surface area contributed by atoms with E-state index in [-0.39, 0.29) is 0 Å². The average Bonchev–Trinajstić information content (AvgIpc) is 2.17. The molecule has 0 amide bonds. The smallest absolute Gasteiger partial charge is 0.309 e. The maximum atomic E-state index is 11.1. The van der Waals surface area contributed by atoms with Crippen molar-refractivity contribution >= 4 is 39.5 Å². The predicted molar refractivity (Wildman–Crippen MR) is 58.2 cm³/mol. The van der Waals surface area contributed by atoms with Gasteiger partial charge in [0.25, 0.3) is 18.1 Å². The third kappa shape index (κ3) is 2.54. The molecule has 0 saturated carbocycles. The Morgan fingerprint density at radius 2 is 1.06 bits per heavy atom. The summed E-state index contributed by atoms with van der Waals surface area (Å²) in [6.07, 6.45) is 0. The van der Waals surface area contributed by atoms with Crippen LogP contribution in [0.25, 0.3) is 0 Å². The standard InChI is InChI=1S/C5H10Cl2O8S2/c6-16(12,13)5(11,17(7,14)15)4(1-8,2-9)3-10/h8-11H,1-3H2.